The van der Waals surface area contributed by atoms with Gasteiger partial charge in [-0.15, -0.1) is 0 Å². The fourth-order valence-electron chi connectivity index (χ4n) is 2.48. The van der Waals surface area contributed by atoms with Crippen molar-refractivity contribution in [1.82, 2.24) is 0 Å². The first-order valence-corrected chi connectivity index (χ1v) is 6.31. The number of carboxylic acid groups (broad SMARTS) is 1. The fourth-order valence-corrected chi connectivity index (χ4v) is 2.48. The highest BCUT2D eigenvalue weighted by Crippen LogP contribution is 2.39. The molecule has 1 aromatic heterocycles. The second kappa shape index (κ2) is 4.92. The van der Waals surface area contributed by atoms with Gasteiger partial charge in [0.2, 0.25) is 0 Å². The summed E-state index contributed by atoms with van der Waals surface area (Å²) in [5, 5.41) is 9.06. The van der Waals surface area contributed by atoms with Gasteiger partial charge in [-0.1, -0.05) is 13.8 Å². The second-order valence-corrected chi connectivity index (χ2v) is 4.70. The molecule has 1 aliphatic rings. The zero-order valence-corrected chi connectivity index (χ0v) is 11.0. The number of hydrogen-bond acceptors (Lipinski definition) is 4. The predicted molar refractivity (Wildman–Crippen MR) is 67.4 cm³/mol. The number of fused-ring (bicyclic) bond motifs is 1. The Morgan fingerprint density at radius 1 is 1.56 bits per heavy atom. The quantitative estimate of drug-likeness (QED) is 0.893. The summed E-state index contributed by atoms with van der Waals surface area (Å²) in [5.41, 5.74) is 0.717. The molecule has 0 spiro atoms. The molecular weight excluding hydrogens is 234 g/mol. The van der Waals surface area contributed by atoms with Gasteiger partial charge in [0.1, 0.15) is 18.1 Å². The summed E-state index contributed by atoms with van der Waals surface area (Å²) in [6.45, 7) is 5.01. The summed E-state index contributed by atoms with van der Waals surface area (Å²) in [4.78, 5) is 13.1. The molecule has 0 fully saturated rings. The van der Waals surface area contributed by atoms with Crippen molar-refractivity contribution < 1.29 is 19.1 Å². The van der Waals surface area contributed by atoms with E-state index in [0.717, 1.165) is 25.1 Å². The Morgan fingerprint density at radius 3 is 2.78 bits per heavy atom. The zero-order chi connectivity index (χ0) is 13.3. The van der Waals surface area contributed by atoms with Crippen LogP contribution < -0.4 is 9.64 Å². The lowest BCUT2D eigenvalue weighted by Gasteiger charge is -2.35. The van der Waals surface area contributed by atoms with Crippen molar-refractivity contribution in [2.75, 3.05) is 18.5 Å². The third kappa shape index (κ3) is 2.05. The minimum atomic E-state index is -1.09. The van der Waals surface area contributed by atoms with Crippen LogP contribution in [0, 0.1) is 5.92 Å². The van der Waals surface area contributed by atoms with Gasteiger partial charge in [0.25, 0.3) is 5.76 Å². The van der Waals surface area contributed by atoms with E-state index in [-0.39, 0.29) is 11.9 Å². The Hall–Kier alpha value is -1.65. The van der Waals surface area contributed by atoms with Crippen molar-refractivity contribution in [3.63, 3.8) is 0 Å². The van der Waals surface area contributed by atoms with Crippen molar-refractivity contribution in [3.05, 3.63) is 12.0 Å². The first-order valence-electron chi connectivity index (χ1n) is 6.31. The molecule has 0 amide bonds. The molecule has 0 aliphatic carbocycles. The number of ether oxygens (including phenoxy) is 1. The molecule has 18 heavy (non-hydrogen) atoms. The summed E-state index contributed by atoms with van der Waals surface area (Å²) in [5.74, 6) is -0.396. The van der Waals surface area contributed by atoms with Crippen LogP contribution in [0.4, 0.5) is 5.69 Å². The molecule has 1 aliphatic heterocycles. The number of aromatic carboxylic acids is 1. The van der Waals surface area contributed by atoms with Crippen molar-refractivity contribution in [1.29, 1.82) is 0 Å². The average Bonchev–Trinajstić information content (AvgIpc) is 2.75. The molecule has 1 atom stereocenters. The first kappa shape index (κ1) is 12.8. The molecule has 1 aromatic rings. The molecule has 1 unspecified atom stereocenters. The highest BCUT2D eigenvalue weighted by atomic mass is 16.5. The monoisotopic (exact) mass is 253 g/mol. The van der Waals surface area contributed by atoms with Crippen LogP contribution in [0.5, 0.6) is 5.75 Å². The molecule has 0 saturated heterocycles. The largest absolute Gasteiger partial charge is 0.482 e. The summed E-state index contributed by atoms with van der Waals surface area (Å²) in [6, 6.07) is 0. The van der Waals surface area contributed by atoms with E-state index in [1.54, 1.807) is 0 Å². The first-order chi connectivity index (χ1) is 8.58. The number of furan rings is 1. The lowest BCUT2D eigenvalue weighted by molar-refractivity contribution is 0.0642. The van der Waals surface area contributed by atoms with Crippen LogP contribution in [0.3, 0.4) is 0 Å². The van der Waals surface area contributed by atoms with E-state index >= 15 is 0 Å². The summed E-state index contributed by atoms with van der Waals surface area (Å²) in [7, 11) is 1.93. The van der Waals surface area contributed by atoms with E-state index in [0.29, 0.717) is 11.7 Å². The van der Waals surface area contributed by atoms with Crippen LogP contribution in [0.2, 0.25) is 0 Å². The molecule has 0 bridgehead atoms. The van der Waals surface area contributed by atoms with Gasteiger partial charge in [0.15, 0.2) is 5.75 Å². The smallest absolute Gasteiger partial charge is 0.375 e. The lowest BCUT2D eigenvalue weighted by atomic mass is 9.95. The van der Waals surface area contributed by atoms with Crippen molar-refractivity contribution >= 4 is 11.7 Å². The zero-order valence-electron chi connectivity index (χ0n) is 11.0. The van der Waals surface area contributed by atoms with Gasteiger partial charge in [-0.3, -0.25) is 0 Å². The Balaban J connectivity index is 2.31. The van der Waals surface area contributed by atoms with E-state index in [1.807, 2.05) is 11.9 Å². The fraction of sp³-hybridized carbons (Fsp3) is 0.615. The summed E-state index contributed by atoms with van der Waals surface area (Å²) >= 11 is 0. The number of rotatable bonds is 4. The minimum absolute atomic E-state index is 0.0215. The van der Waals surface area contributed by atoms with Gasteiger partial charge in [0.05, 0.1) is 6.54 Å². The van der Waals surface area contributed by atoms with Gasteiger partial charge in [-0.2, -0.15) is 0 Å². The summed E-state index contributed by atoms with van der Waals surface area (Å²) < 4.78 is 10.9. The topological polar surface area (TPSA) is 62.9 Å². The maximum absolute atomic E-state index is 11.1. The van der Waals surface area contributed by atoms with E-state index < -0.39 is 5.97 Å². The van der Waals surface area contributed by atoms with Crippen LogP contribution >= 0.6 is 0 Å². The Kier molecular flexibility index (Phi) is 3.50. The van der Waals surface area contributed by atoms with Crippen molar-refractivity contribution in [3.8, 4) is 5.75 Å². The predicted octanol–water partition coefficient (Wildman–Crippen LogP) is 2.61. The molecule has 2 rings (SSSR count). The average molecular weight is 253 g/mol. The number of likely N-dealkylation sites (N-methyl/N-ethyl adjacent to an activating group) is 1. The van der Waals surface area contributed by atoms with Gasteiger partial charge in [0, 0.05) is 7.05 Å². The SMILES string of the molecule is CCC(CC)C1CN(C)c2coc(C(=O)O)c2O1. The molecule has 2 heterocycles. The number of carbonyl (C=O) groups is 1. The Morgan fingerprint density at radius 2 is 2.22 bits per heavy atom. The van der Waals surface area contributed by atoms with Gasteiger partial charge in [-0.05, 0) is 18.8 Å². The third-order valence-electron chi connectivity index (χ3n) is 3.63. The van der Waals surface area contributed by atoms with Crippen LogP contribution in [0.1, 0.15) is 37.2 Å². The van der Waals surface area contributed by atoms with E-state index in [2.05, 4.69) is 13.8 Å². The van der Waals surface area contributed by atoms with Crippen molar-refractivity contribution in [2.45, 2.75) is 32.8 Å². The van der Waals surface area contributed by atoms with Gasteiger partial charge in [-0.25, -0.2) is 4.79 Å². The number of carboxylic acids is 1. The van der Waals surface area contributed by atoms with E-state index in [9.17, 15) is 4.79 Å². The molecule has 5 heteroatoms. The molecule has 0 radical (unpaired) electrons. The van der Waals surface area contributed by atoms with Crippen molar-refractivity contribution in [2.24, 2.45) is 5.92 Å². The van der Waals surface area contributed by atoms with Crippen LogP contribution in [-0.4, -0.2) is 30.8 Å². The number of hydrogen-bond donors (Lipinski definition) is 1. The number of nitrogens with zero attached hydrogens (tertiary/aromatic N) is 1. The Labute approximate surface area is 106 Å². The van der Waals surface area contributed by atoms with Gasteiger partial charge < -0.3 is 19.2 Å². The van der Waals surface area contributed by atoms with Gasteiger partial charge >= 0.3 is 5.97 Å². The van der Waals surface area contributed by atoms with E-state index in [4.69, 9.17) is 14.3 Å². The van der Waals surface area contributed by atoms with E-state index in [1.165, 1.54) is 6.26 Å². The Bertz CT molecular complexity index is 436. The minimum Gasteiger partial charge on any atom is -0.482 e. The lowest BCUT2D eigenvalue weighted by Crippen LogP contribution is -2.42. The van der Waals surface area contributed by atoms with Crippen LogP contribution in [0.25, 0.3) is 0 Å². The van der Waals surface area contributed by atoms with Crippen LogP contribution in [-0.2, 0) is 0 Å². The second-order valence-electron chi connectivity index (χ2n) is 4.70. The molecule has 1 N–H and O–H groups in total. The highest BCUT2D eigenvalue weighted by Gasteiger charge is 2.34. The third-order valence-corrected chi connectivity index (χ3v) is 3.63. The number of anilines is 1. The standard InChI is InChI=1S/C13H19NO4/c1-4-8(5-2)10-6-14(3)9-7-17-12(13(15)16)11(9)18-10/h7-8,10H,4-6H2,1-3H3,(H,15,16). The molecular formula is C13H19NO4. The molecule has 0 saturated carbocycles. The molecule has 0 aromatic carbocycles. The van der Waals surface area contributed by atoms with Crippen LogP contribution in [0.15, 0.2) is 10.7 Å². The maximum Gasteiger partial charge on any atom is 0.375 e. The highest BCUT2D eigenvalue weighted by molar-refractivity contribution is 5.90. The molecule has 5 nitrogen and oxygen atoms in total. The normalized spacial score (nSPS) is 18.7. The summed E-state index contributed by atoms with van der Waals surface area (Å²) in [6.07, 6.45) is 3.50. The molecule has 100 valence electrons. The maximum atomic E-state index is 11.1.